The van der Waals surface area contributed by atoms with E-state index in [-0.39, 0.29) is 5.41 Å². The highest BCUT2D eigenvalue weighted by molar-refractivity contribution is 6.08. The molecule has 0 N–H and O–H groups in total. The molecule has 1 aliphatic rings. The minimum atomic E-state index is -0.273. The molecule has 222 valence electrons. The minimum Gasteiger partial charge on any atom is -0.456 e. The molecule has 3 nitrogen and oxygen atoms in total. The van der Waals surface area contributed by atoms with Gasteiger partial charge in [-0.2, -0.15) is 0 Å². The molecule has 0 radical (unpaired) electrons. The van der Waals surface area contributed by atoms with E-state index in [9.17, 15) is 0 Å². The predicted octanol–water partition coefficient (Wildman–Crippen LogP) is 12.3. The monoisotopic (exact) mass is 603 g/mol. The number of rotatable bonds is 4. The van der Waals surface area contributed by atoms with Crippen molar-refractivity contribution in [2.24, 2.45) is 0 Å². The number of furan rings is 2. The van der Waals surface area contributed by atoms with Gasteiger partial charge in [-0.3, -0.25) is 0 Å². The Morgan fingerprint density at radius 2 is 0.957 bits per heavy atom. The van der Waals surface area contributed by atoms with E-state index in [0.29, 0.717) is 0 Å². The van der Waals surface area contributed by atoms with Crippen molar-refractivity contribution >= 4 is 60.9 Å². The predicted molar refractivity (Wildman–Crippen MR) is 193 cm³/mol. The number of hydrogen-bond donors (Lipinski definition) is 0. The quantitative estimate of drug-likeness (QED) is 0.200. The van der Waals surface area contributed by atoms with Crippen LogP contribution in [0.2, 0.25) is 0 Å². The molecular formula is C44H29NO2. The summed E-state index contributed by atoms with van der Waals surface area (Å²) in [5, 5.41) is 4.44. The van der Waals surface area contributed by atoms with E-state index in [0.717, 1.165) is 60.9 Å². The summed E-state index contributed by atoms with van der Waals surface area (Å²) in [5.41, 5.74) is 12.9. The summed E-state index contributed by atoms with van der Waals surface area (Å²) in [7, 11) is 0. The van der Waals surface area contributed by atoms with E-state index in [1.54, 1.807) is 0 Å². The summed E-state index contributed by atoms with van der Waals surface area (Å²) in [6.07, 6.45) is 0. The summed E-state index contributed by atoms with van der Waals surface area (Å²) in [4.78, 5) is 2.28. The average molecular weight is 604 g/mol. The van der Waals surface area contributed by atoms with Crippen LogP contribution in [0.5, 0.6) is 0 Å². The molecule has 2 aromatic heterocycles. The topological polar surface area (TPSA) is 29.5 Å². The zero-order valence-electron chi connectivity index (χ0n) is 25.8. The van der Waals surface area contributed by atoms with Crippen LogP contribution in [0.3, 0.4) is 0 Å². The molecule has 2 heterocycles. The van der Waals surface area contributed by atoms with Gasteiger partial charge in [0, 0.05) is 50.1 Å². The maximum Gasteiger partial charge on any atom is 0.137 e. The van der Waals surface area contributed by atoms with Gasteiger partial charge in [-0.05, 0) is 89.3 Å². The molecule has 1 aliphatic carbocycles. The lowest BCUT2D eigenvalue weighted by Crippen LogP contribution is -2.22. The van der Waals surface area contributed by atoms with E-state index in [1.165, 1.54) is 27.8 Å². The van der Waals surface area contributed by atoms with Crippen molar-refractivity contribution in [3.63, 3.8) is 0 Å². The molecule has 0 atom stereocenters. The number of para-hydroxylation sites is 2. The molecular weight excluding hydrogens is 574 g/mol. The molecule has 0 bridgehead atoms. The molecule has 47 heavy (non-hydrogen) atoms. The second-order valence-corrected chi connectivity index (χ2v) is 12.7. The fourth-order valence-corrected chi connectivity index (χ4v) is 7.86. The highest BCUT2D eigenvalue weighted by Crippen LogP contribution is 2.53. The molecule has 9 aromatic rings. The number of fused-ring (bicyclic) bond motifs is 9. The first kappa shape index (κ1) is 26.2. The summed E-state index contributed by atoms with van der Waals surface area (Å²) >= 11 is 0. The first-order valence-corrected chi connectivity index (χ1v) is 16.1. The summed E-state index contributed by atoms with van der Waals surface area (Å²) in [6.45, 7) is 2.34. The van der Waals surface area contributed by atoms with Crippen LogP contribution in [-0.4, -0.2) is 0 Å². The summed E-state index contributed by atoms with van der Waals surface area (Å²) in [5.74, 6) is 0. The van der Waals surface area contributed by atoms with Crippen LogP contribution < -0.4 is 4.90 Å². The smallest absolute Gasteiger partial charge is 0.137 e. The van der Waals surface area contributed by atoms with Gasteiger partial charge in [0.05, 0.1) is 0 Å². The lowest BCUT2D eigenvalue weighted by atomic mass is 9.74. The van der Waals surface area contributed by atoms with Gasteiger partial charge in [0.15, 0.2) is 0 Å². The van der Waals surface area contributed by atoms with Crippen molar-refractivity contribution in [1.29, 1.82) is 0 Å². The van der Waals surface area contributed by atoms with Gasteiger partial charge in [-0.1, -0.05) is 97.1 Å². The van der Waals surface area contributed by atoms with E-state index in [4.69, 9.17) is 8.83 Å². The van der Waals surface area contributed by atoms with Crippen molar-refractivity contribution in [3.05, 3.63) is 174 Å². The Balaban J connectivity index is 1.12. The Kier molecular flexibility index (Phi) is 5.41. The Hall–Kier alpha value is -6.06. The second-order valence-electron chi connectivity index (χ2n) is 12.7. The first-order valence-electron chi connectivity index (χ1n) is 16.1. The maximum absolute atomic E-state index is 6.58. The fraction of sp³-hybridized carbons (Fsp3) is 0.0455. The van der Waals surface area contributed by atoms with E-state index in [1.807, 2.05) is 12.1 Å². The van der Waals surface area contributed by atoms with Gasteiger partial charge in [-0.25, -0.2) is 0 Å². The van der Waals surface area contributed by atoms with Crippen LogP contribution in [0.4, 0.5) is 17.1 Å². The van der Waals surface area contributed by atoms with Crippen LogP contribution in [0, 0.1) is 0 Å². The minimum absolute atomic E-state index is 0.273. The van der Waals surface area contributed by atoms with Crippen molar-refractivity contribution < 1.29 is 8.83 Å². The van der Waals surface area contributed by atoms with Crippen molar-refractivity contribution in [2.45, 2.75) is 12.3 Å². The van der Waals surface area contributed by atoms with Gasteiger partial charge in [0.1, 0.15) is 22.3 Å². The third-order valence-corrected chi connectivity index (χ3v) is 10.1. The van der Waals surface area contributed by atoms with Gasteiger partial charge in [0.2, 0.25) is 0 Å². The molecule has 0 saturated heterocycles. The molecule has 0 saturated carbocycles. The second kappa shape index (κ2) is 9.72. The zero-order chi connectivity index (χ0) is 31.1. The molecule has 0 unspecified atom stereocenters. The summed E-state index contributed by atoms with van der Waals surface area (Å²) < 4.78 is 12.9. The number of benzene rings is 7. The highest BCUT2D eigenvalue weighted by atomic mass is 16.3. The Labute approximate surface area is 271 Å². The molecule has 0 spiro atoms. The SMILES string of the molecule is CC1(c2ccc3c(c2)oc2ccc(N(c4ccccc4)c4ccc5c(c4)oc4ccccc45)cc23)c2ccccc2-c2ccccc21. The van der Waals surface area contributed by atoms with Gasteiger partial charge >= 0.3 is 0 Å². The van der Waals surface area contributed by atoms with Gasteiger partial charge in [-0.15, -0.1) is 0 Å². The molecule has 7 aromatic carbocycles. The van der Waals surface area contributed by atoms with E-state index in [2.05, 4.69) is 157 Å². The molecule has 0 aliphatic heterocycles. The fourth-order valence-electron chi connectivity index (χ4n) is 7.86. The van der Waals surface area contributed by atoms with Crippen LogP contribution >= 0.6 is 0 Å². The van der Waals surface area contributed by atoms with Crippen molar-refractivity contribution in [1.82, 2.24) is 0 Å². The molecule has 10 rings (SSSR count). The van der Waals surface area contributed by atoms with Crippen molar-refractivity contribution in [2.75, 3.05) is 4.90 Å². The highest BCUT2D eigenvalue weighted by Gasteiger charge is 2.40. The van der Waals surface area contributed by atoms with Crippen LogP contribution in [0.25, 0.3) is 55.0 Å². The standard InChI is InChI=1S/C44H29NO2/c1-44(38-16-8-5-13-32(38)33-14-6-9-17-39(33)44)28-19-22-36-37-26-30(21-24-41(37)47-42(36)25-28)45(29-11-3-2-4-12-29)31-20-23-35-34-15-7-10-18-40(34)46-43(35)27-31/h2-27H,1H3. The Bertz CT molecular complexity index is 2620. The number of hydrogen-bond acceptors (Lipinski definition) is 3. The normalized spacial score (nSPS) is 13.4. The lowest BCUT2D eigenvalue weighted by molar-refractivity contribution is 0.662. The third-order valence-electron chi connectivity index (χ3n) is 10.1. The van der Waals surface area contributed by atoms with Crippen LogP contribution in [0.15, 0.2) is 167 Å². The van der Waals surface area contributed by atoms with E-state index >= 15 is 0 Å². The molecule has 0 amide bonds. The Morgan fingerprint density at radius 1 is 0.404 bits per heavy atom. The summed E-state index contributed by atoms with van der Waals surface area (Å²) in [6, 6.07) is 56.0. The van der Waals surface area contributed by atoms with Crippen molar-refractivity contribution in [3.8, 4) is 11.1 Å². The molecule has 0 fully saturated rings. The van der Waals surface area contributed by atoms with Gasteiger partial charge in [0.25, 0.3) is 0 Å². The largest absolute Gasteiger partial charge is 0.456 e. The molecule has 3 heteroatoms. The Morgan fingerprint density at radius 3 is 1.74 bits per heavy atom. The maximum atomic E-state index is 6.58. The lowest BCUT2D eigenvalue weighted by Gasteiger charge is -2.28. The zero-order valence-corrected chi connectivity index (χ0v) is 25.8. The average Bonchev–Trinajstić information content (AvgIpc) is 3.77. The third kappa shape index (κ3) is 3.74. The van der Waals surface area contributed by atoms with E-state index < -0.39 is 0 Å². The van der Waals surface area contributed by atoms with Gasteiger partial charge < -0.3 is 13.7 Å². The first-order chi connectivity index (χ1) is 23.2. The number of nitrogens with zero attached hydrogens (tertiary/aromatic N) is 1. The number of anilines is 3. The van der Waals surface area contributed by atoms with Crippen LogP contribution in [-0.2, 0) is 5.41 Å². The van der Waals surface area contributed by atoms with Crippen LogP contribution in [0.1, 0.15) is 23.6 Å².